The molecule has 9 nitrogen and oxygen atoms in total. The Balaban J connectivity index is 4.21. The first kappa shape index (κ1) is 52.7. The molecular formula is C45H80NO8P. The molecule has 0 aliphatic rings. The van der Waals surface area contributed by atoms with Gasteiger partial charge in [0.2, 0.25) is 0 Å². The van der Waals surface area contributed by atoms with Gasteiger partial charge in [-0.25, -0.2) is 4.57 Å². The van der Waals surface area contributed by atoms with Crippen molar-refractivity contribution in [2.75, 3.05) is 26.4 Å². The summed E-state index contributed by atoms with van der Waals surface area (Å²) in [6.45, 7) is 3.62. The largest absolute Gasteiger partial charge is 0.472 e. The molecule has 0 aromatic rings. The molecule has 55 heavy (non-hydrogen) atoms. The van der Waals surface area contributed by atoms with Crippen molar-refractivity contribution < 1.29 is 37.6 Å². The van der Waals surface area contributed by atoms with Crippen molar-refractivity contribution in [1.29, 1.82) is 0 Å². The monoisotopic (exact) mass is 794 g/mol. The van der Waals surface area contributed by atoms with Crippen molar-refractivity contribution in [3.05, 3.63) is 60.8 Å². The molecule has 318 valence electrons. The highest BCUT2D eigenvalue weighted by molar-refractivity contribution is 7.47. The van der Waals surface area contributed by atoms with Crippen LogP contribution in [0.2, 0.25) is 0 Å². The summed E-state index contributed by atoms with van der Waals surface area (Å²) in [6.07, 6.45) is 48.2. The number of phosphoric ester groups is 1. The number of esters is 2. The van der Waals surface area contributed by atoms with Gasteiger partial charge in [-0.15, -0.1) is 0 Å². The van der Waals surface area contributed by atoms with E-state index in [1.807, 2.05) is 0 Å². The Hall–Kier alpha value is -2.29. The minimum Gasteiger partial charge on any atom is -0.462 e. The lowest BCUT2D eigenvalue weighted by Crippen LogP contribution is -2.29. The third-order valence-electron chi connectivity index (χ3n) is 8.88. The first-order valence-corrected chi connectivity index (χ1v) is 23.3. The van der Waals surface area contributed by atoms with Gasteiger partial charge in [0, 0.05) is 19.4 Å². The predicted octanol–water partition coefficient (Wildman–Crippen LogP) is 12.5. The van der Waals surface area contributed by atoms with Gasteiger partial charge in [0.15, 0.2) is 6.10 Å². The number of carbonyl (C=O) groups is 2. The van der Waals surface area contributed by atoms with E-state index in [-0.39, 0.29) is 32.6 Å². The number of unbranched alkanes of at least 4 members (excludes halogenated alkanes) is 17. The number of hydrogen-bond donors (Lipinski definition) is 2. The second kappa shape index (κ2) is 41.3. The standard InChI is InChI=1S/C45H80NO8P/c1-3-5-7-9-11-13-15-17-19-20-21-22-24-26-28-30-32-34-36-38-45(48)54-43(42-53-55(49,50)52-40-39-46)41-51-44(47)37-35-33-31-29-27-25-23-18-16-14-12-10-8-6-4-2/h11-14,17-19,23,27,29,43H,3-10,15-16,20-22,24-26,28,30-42,46H2,1-2H3,(H,49,50)/t43-/m1/s1. The summed E-state index contributed by atoms with van der Waals surface area (Å²) in [7, 11) is -4.39. The Labute approximate surface area is 336 Å². The minimum atomic E-state index is -4.39. The van der Waals surface area contributed by atoms with E-state index < -0.39 is 32.5 Å². The predicted molar refractivity (Wildman–Crippen MR) is 229 cm³/mol. The average Bonchev–Trinajstić information content (AvgIpc) is 3.17. The average molecular weight is 794 g/mol. The number of phosphoric acid groups is 1. The number of rotatable bonds is 40. The van der Waals surface area contributed by atoms with E-state index in [0.717, 1.165) is 64.2 Å². The molecule has 0 fully saturated rings. The van der Waals surface area contributed by atoms with Gasteiger partial charge in [-0.1, -0.05) is 145 Å². The summed E-state index contributed by atoms with van der Waals surface area (Å²) in [5.41, 5.74) is 5.34. The van der Waals surface area contributed by atoms with Gasteiger partial charge in [-0.2, -0.15) is 0 Å². The molecule has 0 aliphatic heterocycles. The van der Waals surface area contributed by atoms with E-state index in [9.17, 15) is 19.0 Å². The fourth-order valence-corrected chi connectivity index (χ4v) is 6.38. The second-order valence-electron chi connectivity index (χ2n) is 14.2. The van der Waals surface area contributed by atoms with Gasteiger partial charge >= 0.3 is 19.8 Å². The van der Waals surface area contributed by atoms with Gasteiger partial charge in [0.05, 0.1) is 13.2 Å². The smallest absolute Gasteiger partial charge is 0.462 e. The molecule has 0 radical (unpaired) electrons. The van der Waals surface area contributed by atoms with E-state index in [0.29, 0.717) is 12.8 Å². The van der Waals surface area contributed by atoms with E-state index in [1.165, 1.54) is 77.0 Å². The fraction of sp³-hybridized carbons (Fsp3) is 0.733. The highest BCUT2D eigenvalue weighted by Crippen LogP contribution is 2.43. The molecule has 0 saturated heterocycles. The van der Waals surface area contributed by atoms with E-state index >= 15 is 0 Å². The number of hydrogen-bond acceptors (Lipinski definition) is 8. The maximum Gasteiger partial charge on any atom is 0.472 e. The highest BCUT2D eigenvalue weighted by atomic mass is 31.2. The summed E-state index contributed by atoms with van der Waals surface area (Å²) >= 11 is 0. The van der Waals surface area contributed by atoms with Crippen molar-refractivity contribution in [3.8, 4) is 0 Å². The van der Waals surface area contributed by atoms with Gasteiger partial charge < -0.3 is 20.1 Å². The first-order chi connectivity index (χ1) is 26.8. The molecule has 0 spiro atoms. The summed E-state index contributed by atoms with van der Waals surface area (Å²) in [5.74, 6) is -0.881. The Morgan fingerprint density at radius 3 is 1.44 bits per heavy atom. The van der Waals surface area contributed by atoms with Crippen LogP contribution >= 0.6 is 7.82 Å². The lowest BCUT2D eigenvalue weighted by atomic mass is 10.1. The van der Waals surface area contributed by atoms with Gasteiger partial charge in [0.25, 0.3) is 0 Å². The summed E-state index contributed by atoms with van der Waals surface area (Å²) < 4.78 is 32.7. The van der Waals surface area contributed by atoms with Crippen LogP contribution in [0.25, 0.3) is 0 Å². The number of carbonyl (C=O) groups excluding carboxylic acids is 2. The molecule has 1 unspecified atom stereocenters. The van der Waals surface area contributed by atoms with E-state index in [1.54, 1.807) is 0 Å². The van der Waals surface area contributed by atoms with Crippen molar-refractivity contribution in [3.63, 3.8) is 0 Å². The lowest BCUT2D eigenvalue weighted by molar-refractivity contribution is -0.161. The van der Waals surface area contributed by atoms with Crippen molar-refractivity contribution in [2.45, 2.75) is 187 Å². The van der Waals surface area contributed by atoms with Crippen LogP contribution in [0.4, 0.5) is 0 Å². The quantitative estimate of drug-likeness (QED) is 0.0269. The molecule has 0 amide bonds. The van der Waals surface area contributed by atoms with E-state index in [4.69, 9.17) is 24.3 Å². The third kappa shape index (κ3) is 41.2. The van der Waals surface area contributed by atoms with Crippen LogP contribution in [-0.2, 0) is 32.7 Å². The Bertz CT molecular complexity index is 1090. The SMILES string of the molecule is CCCCCC=CCC=CCC=CCCCCC(=O)OC[C@H](COP(=O)(O)OCCN)OC(=O)CCCCCCCCCCCC=CCC=CCCCCC. The second-order valence-corrected chi connectivity index (χ2v) is 15.7. The topological polar surface area (TPSA) is 134 Å². The molecule has 0 aromatic heterocycles. The Kier molecular flexibility index (Phi) is 39.6. The summed E-state index contributed by atoms with van der Waals surface area (Å²) in [5, 5.41) is 0. The van der Waals surface area contributed by atoms with Crippen LogP contribution in [0.15, 0.2) is 60.8 Å². The molecule has 0 bridgehead atoms. The van der Waals surface area contributed by atoms with Crippen LogP contribution in [0, 0.1) is 0 Å². The van der Waals surface area contributed by atoms with Crippen LogP contribution in [0.3, 0.4) is 0 Å². The molecular weight excluding hydrogens is 713 g/mol. The maximum atomic E-state index is 12.6. The van der Waals surface area contributed by atoms with Crippen molar-refractivity contribution in [2.24, 2.45) is 5.73 Å². The van der Waals surface area contributed by atoms with E-state index in [2.05, 4.69) is 74.6 Å². The van der Waals surface area contributed by atoms with Crippen molar-refractivity contribution >= 4 is 19.8 Å². The van der Waals surface area contributed by atoms with Crippen LogP contribution < -0.4 is 5.73 Å². The fourth-order valence-electron chi connectivity index (χ4n) is 5.61. The Morgan fingerprint density at radius 2 is 0.945 bits per heavy atom. The van der Waals surface area contributed by atoms with Crippen LogP contribution in [0.5, 0.6) is 0 Å². The summed E-state index contributed by atoms with van der Waals surface area (Å²) in [6, 6.07) is 0. The van der Waals surface area contributed by atoms with Gasteiger partial charge in [-0.3, -0.25) is 18.6 Å². The molecule has 0 heterocycles. The molecule has 3 N–H and O–H groups in total. The highest BCUT2D eigenvalue weighted by Gasteiger charge is 2.26. The third-order valence-corrected chi connectivity index (χ3v) is 9.86. The molecule has 0 rings (SSSR count). The molecule has 2 atom stereocenters. The Morgan fingerprint density at radius 1 is 0.545 bits per heavy atom. The number of nitrogens with two attached hydrogens (primary N) is 1. The zero-order valence-electron chi connectivity index (χ0n) is 34.9. The lowest BCUT2D eigenvalue weighted by Gasteiger charge is -2.19. The normalized spacial score (nSPS) is 13.9. The number of allylic oxidation sites excluding steroid dienone is 10. The van der Waals surface area contributed by atoms with Gasteiger partial charge in [0.1, 0.15) is 6.61 Å². The molecule has 0 aliphatic carbocycles. The van der Waals surface area contributed by atoms with Crippen molar-refractivity contribution in [1.82, 2.24) is 0 Å². The van der Waals surface area contributed by atoms with Crippen LogP contribution in [-0.4, -0.2) is 49.3 Å². The van der Waals surface area contributed by atoms with Gasteiger partial charge in [-0.05, 0) is 83.5 Å². The molecule has 10 heteroatoms. The first-order valence-electron chi connectivity index (χ1n) is 21.8. The number of ether oxygens (including phenoxy) is 2. The molecule has 0 aromatic carbocycles. The zero-order valence-corrected chi connectivity index (χ0v) is 35.8. The molecule has 0 saturated carbocycles. The summed E-state index contributed by atoms with van der Waals surface area (Å²) in [4.78, 5) is 34.9. The minimum absolute atomic E-state index is 0.0451. The zero-order chi connectivity index (χ0) is 40.3. The maximum absolute atomic E-state index is 12.6. The van der Waals surface area contributed by atoms with Crippen LogP contribution in [0.1, 0.15) is 181 Å².